The molecule has 0 heterocycles. The third-order valence-electron chi connectivity index (χ3n) is 3.49. The van der Waals surface area contributed by atoms with Crippen molar-refractivity contribution < 1.29 is 38.8 Å². The van der Waals surface area contributed by atoms with E-state index in [0.29, 0.717) is 31.4 Å². The Balaban J connectivity index is 0.000000636. The number of hydrogen-bond donors (Lipinski definition) is 2. The van der Waals surface area contributed by atoms with Gasteiger partial charge in [0.1, 0.15) is 6.54 Å². The first-order chi connectivity index (χ1) is 12.7. The normalized spacial score (nSPS) is 12.1. The Kier molecular flexibility index (Phi) is 13.1. The molecule has 0 aliphatic rings. The van der Waals surface area contributed by atoms with Crippen LogP contribution in [0.25, 0.3) is 0 Å². The fourth-order valence-corrected chi connectivity index (χ4v) is 2.27. The van der Waals surface area contributed by atoms with E-state index >= 15 is 0 Å². The summed E-state index contributed by atoms with van der Waals surface area (Å²) in [6.07, 6.45) is 1.43. The van der Waals surface area contributed by atoms with Crippen molar-refractivity contribution in [1.29, 1.82) is 0 Å². The second kappa shape index (κ2) is 14.1. The highest BCUT2D eigenvalue weighted by Crippen LogP contribution is 2.23. The Hall–Kier alpha value is -1.97. The van der Waals surface area contributed by atoms with Crippen molar-refractivity contribution in [2.24, 2.45) is 0 Å². The molecule has 0 aliphatic heterocycles. The number of carboxylic acid groups (broad SMARTS) is 1. The summed E-state index contributed by atoms with van der Waals surface area (Å²) in [5.41, 5.74) is 0.407. The summed E-state index contributed by atoms with van der Waals surface area (Å²) in [5.74, 6) is -2.00. The third-order valence-corrected chi connectivity index (χ3v) is 3.88. The minimum atomic E-state index is -2.64. The highest BCUT2D eigenvalue weighted by Gasteiger charge is 2.14. The number of nitrogens with zero attached hydrogens (tertiary/aromatic N) is 1. The number of unbranched alkanes of at least 4 members (excludes halogenated alkanes) is 1. The van der Waals surface area contributed by atoms with Crippen molar-refractivity contribution in [3.05, 3.63) is 39.9 Å². The number of aliphatic carboxylic acids is 1. The lowest BCUT2D eigenvalue weighted by molar-refractivity contribution is -0.858. The van der Waals surface area contributed by atoms with Gasteiger partial charge in [0, 0.05) is 30.6 Å². The number of benzene rings is 1. The molecular formula is C16H25N2O8P. The first-order valence-electron chi connectivity index (χ1n) is 8.31. The maximum atomic E-state index is 11.0. The van der Waals surface area contributed by atoms with Crippen LogP contribution in [0.2, 0.25) is 0 Å². The number of likely N-dealkylation sites (N-methyl/N-ethyl adjacent to an activating group) is 1. The molecule has 10 nitrogen and oxygen atoms in total. The van der Waals surface area contributed by atoms with Crippen LogP contribution in [0.4, 0.5) is 5.69 Å². The fraction of sp³-hybridized carbons (Fsp3) is 0.562. The Morgan fingerprint density at radius 3 is 2.30 bits per heavy atom. The zero-order valence-corrected chi connectivity index (χ0v) is 16.2. The lowest BCUT2D eigenvalue weighted by atomic mass is 9.93. The molecule has 0 fully saturated rings. The molecule has 1 aromatic carbocycles. The molecule has 0 bridgehead atoms. The van der Waals surface area contributed by atoms with Crippen LogP contribution in [0, 0.1) is 10.1 Å². The zero-order valence-electron chi connectivity index (χ0n) is 15.3. The number of carbonyl (C=O) groups is 1. The molecule has 11 heteroatoms. The molecule has 152 valence electrons. The topological polar surface area (TPSA) is 157 Å². The molecule has 27 heavy (non-hydrogen) atoms. The summed E-state index contributed by atoms with van der Waals surface area (Å²) >= 11 is 0. The third kappa shape index (κ3) is 12.1. The monoisotopic (exact) mass is 404 g/mol. The number of rotatable bonds is 11. The van der Waals surface area contributed by atoms with Crippen LogP contribution in [0.3, 0.4) is 0 Å². The van der Waals surface area contributed by atoms with E-state index in [-0.39, 0.29) is 18.9 Å². The summed E-state index contributed by atoms with van der Waals surface area (Å²) in [5, 5.41) is 30.1. The van der Waals surface area contributed by atoms with Gasteiger partial charge >= 0.3 is 8.25 Å². The average molecular weight is 404 g/mol. The van der Waals surface area contributed by atoms with Crippen molar-refractivity contribution in [2.45, 2.75) is 25.2 Å². The first kappa shape index (κ1) is 25.0. The van der Waals surface area contributed by atoms with Gasteiger partial charge in [-0.05, 0) is 23.0 Å². The molecule has 2 N–H and O–H groups in total. The Morgan fingerprint density at radius 2 is 1.89 bits per heavy atom. The van der Waals surface area contributed by atoms with E-state index in [1.807, 2.05) is 14.1 Å². The number of hydrogen-bond acceptors (Lipinski definition) is 8. The number of aliphatic hydroxyl groups is 1. The van der Waals surface area contributed by atoms with E-state index in [1.54, 1.807) is 0 Å². The van der Waals surface area contributed by atoms with Gasteiger partial charge in [0.25, 0.3) is 5.69 Å². The van der Waals surface area contributed by atoms with Gasteiger partial charge < -0.3 is 24.8 Å². The van der Waals surface area contributed by atoms with Crippen LogP contribution in [0.15, 0.2) is 24.3 Å². The van der Waals surface area contributed by atoms with Gasteiger partial charge in [-0.3, -0.25) is 10.1 Å². The summed E-state index contributed by atoms with van der Waals surface area (Å²) < 4.78 is 14.1. The Bertz CT molecular complexity index is 595. The molecule has 1 rings (SSSR count). The van der Waals surface area contributed by atoms with E-state index in [2.05, 4.69) is 4.52 Å². The van der Waals surface area contributed by atoms with Crippen LogP contribution >= 0.6 is 8.25 Å². The van der Waals surface area contributed by atoms with Crippen LogP contribution < -0.4 is 14.9 Å². The van der Waals surface area contributed by atoms with Gasteiger partial charge in [-0.25, -0.2) is 0 Å². The van der Waals surface area contributed by atoms with Gasteiger partial charge in [0.05, 0.1) is 19.0 Å². The van der Waals surface area contributed by atoms with Crippen LogP contribution in [-0.2, 0) is 13.9 Å². The van der Waals surface area contributed by atoms with Crippen LogP contribution in [0.5, 0.6) is 0 Å². The summed E-state index contributed by atoms with van der Waals surface area (Å²) in [6.45, 7) is 1.00. The van der Waals surface area contributed by atoms with E-state index < -0.39 is 25.1 Å². The van der Waals surface area contributed by atoms with Crippen molar-refractivity contribution in [3.8, 4) is 0 Å². The second-order valence-electron chi connectivity index (χ2n) is 5.95. The molecule has 2 unspecified atom stereocenters. The predicted octanol–water partition coefficient (Wildman–Crippen LogP) is -1.24. The number of nitro benzene ring substituents is 1. The quantitative estimate of drug-likeness (QED) is 0.201. The van der Waals surface area contributed by atoms with Crippen molar-refractivity contribution in [1.82, 2.24) is 0 Å². The highest BCUT2D eigenvalue weighted by molar-refractivity contribution is 7.30. The standard InChI is InChI=1S/C12H15NO5.C4H10NO3P/c14-8-2-1-3-11(12(15)16)9-4-6-10(7-5-9)13(17)18;1-5(2)3-4-8-9(6)7/h4-7,11,14H,1-3,8H2,(H,15,16);3-4H2,1-2H3. The van der Waals surface area contributed by atoms with Gasteiger partial charge in [-0.1, -0.05) is 18.6 Å². The van der Waals surface area contributed by atoms with Gasteiger partial charge in [0.15, 0.2) is 6.61 Å². The Labute approximate surface area is 158 Å². The van der Waals surface area contributed by atoms with E-state index in [4.69, 9.17) is 5.11 Å². The Morgan fingerprint density at radius 1 is 1.30 bits per heavy atom. The van der Waals surface area contributed by atoms with Gasteiger partial charge in [-0.2, -0.15) is 0 Å². The van der Waals surface area contributed by atoms with E-state index in [9.17, 15) is 29.5 Å². The lowest BCUT2D eigenvalue weighted by Crippen LogP contribution is -3.06. The molecule has 0 radical (unpaired) electrons. The molecular weight excluding hydrogens is 379 g/mol. The molecule has 0 spiro atoms. The van der Waals surface area contributed by atoms with Crippen LogP contribution in [0.1, 0.15) is 30.7 Å². The molecule has 0 aromatic heterocycles. The number of nitrogens with one attached hydrogen (secondary N) is 1. The van der Waals surface area contributed by atoms with Crippen molar-refractivity contribution in [3.63, 3.8) is 0 Å². The molecule has 0 amide bonds. The van der Waals surface area contributed by atoms with E-state index in [1.165, 1.54) is 29.2 Å². The minimum absolute atomic E-state index is 0.0139. The highest BCUT2D eigenvalue weighted by atomic mass is 31.1. The molecule has 0 aliphatic carbocycles. The fourth-order valence-electron chi connectivity index (χ4n) is 2.03. The summed E-state index contributed by atoms with van der Waals surface area (Å²) in [4.78, 5) is 31.9. The molecule has 1 aromatic rings. The number of non-ortho nitro benzene ring substituents is 1. The average Bonchev–Trinajstić information content (AvgIpc) is 2.58. The number of carbonyl (C=O) groups excluding carboxylic acids is 1. The lowest BCUT2D eigenvalue weighted by Gasteiger charge is -2.18. The first-order valence-corrected chi connectivity index (χ1v) is 9.41. The summed E-state index contributed by atoms with van der Waals surface area (Å²) in [6, 6.07) is 5.41. The van der Waals surface area contributed by atoms with Gasteiger partial charge in [-0.15, -0.1) is 4.52 Å². The van der Waals surface area contributed by atoms with Crippen molar-refractivity contribution >= 4 is 19.9 Å². The predicted molar refractivity (Wildman–Crippen MR) is 93.0 cm³/mol. The largest absolute Gasteiger partial charge is 0.566 e. The number of quaternary nitrogens is 1. The summed E-state index contributed by atoms with van der Waals surface area (Å²) in [7, 11) is 1.22. The maximum absolute atomic E-state index is 11.0. The second-order valence-corrected chi connectivity index (χ2v) is 6.66. The van der Waals surface area contributed by atoms with Gasteiger partial charge in [0.2, 0.25) is 0 Å². The SMILES string of the molecule is C[NH+](C)CCO[P+](=O)[O-].O=C([O-])C(CCCCO)c1ccc([N+](=O)[O-])cc1. The van der Waals surface area contributed by atoms with E-state index in [0.717, 1.165) is 0 Å². The maximum Gasteiger partial charge on any atom is 0.488 e. The number of aliphatic hydroxyl groups excluding tert-OH is 1. The molecule has 2 atom stereocenters. The zero-order chi connectivity index (χ0) is 20.8. The smallest absolute Gasteiger partial charge is 0.488 e. The molecule has 0 saturated carbocycles. The van der Waals surface area contributed by atoms with Crippen LogP contribution in [-0.4, -0.2) is 49.9 Å². The number of carboxylic acids is 1. The molecule has 0 saturated heterocycles. The minimum Gasteiger partial charge on any atom is -0.566 e. The van der Waals surface area contributed by atoms with Crippen molar-refractivity contribution in [2.75, 3.05) is 33.9 Å². The number of nitro groups is 1.